The molecule has 2 amide bonds. The van der Waals surface area contributed by atoms with Gasteiger partial charge in [0.2, 0.25) is 0 Å². The summed E-state index contributed by atoms with van der Waals surface area (Å²) >= 11 is 0. The highest BCUT2D eigenvalue weighted by molar-refractivity contribution is 6.19. The van der Waals surface area contributed by atoms with Crippen molar-refractivity contribution in [3.8, 4) is 5.75 Å². The van der Waals surface area contributed by atoms with Gasteiger partial charge in [-0.3, -0.25) is 9.59 Å². The Kier molecular flexibility index (Phi) is 7.60. The van der Waals surface area contributed by atoms with Crippen molar-refractivity contribution >= 4 is 17.4 Å². The first-order valence-electron chi connectivity index (χ1n) is 10.2. The average Bonchev–Trinajstić information content (AvgIpc) is 2.79. The topological polar surface area (TPSA) is 67.4 Å². The molecule has 0 aromatic heterocycles. The van der Waals surface area contributed by atoms with Crippen LogP contribution in [0, 0.1) is 0 Å². The van der Waals surface area contributed by atoms with E-state index in [0.29, 0.717) is 23.2 Å². The molecule has 0 spiro atoms. The second-order valence-corrected chi connectivity index (χ2v) is 7.26. The van der Waals surface area contributed by atoms with Crippen molar-refractivity contribution < 1.29 is 14.3 Å². The molecule has 2 N–H and O–H groups in total. The molecule has 3 aromatic carbocycles. The summed E-state index contributed by atoms with van der Waals surface area (Å²) < 4.78 is 5.68. The zero-order valence-electron chi connectivity index (χ0n) is 17.7. The zero-order valence-corrected chi connectivity index (χ0v) is 17.7. The minimum atomic E-state index is -0.284. The number of benzene rings is 3. The largest absolute Gasteiger partial charge is 0.491 e. The lowest BCUT2D eigenvalue weighted by atomic mass is 10.1. The molecule has 0 unspecified atom stereocenters. The molecule has 0 aliphatic heterocycles. The van der Waals surface area contributed by atoms with Gasteiger partial charge < -0.3 is 15.4 Å². The van der Waals surface area contributed by atoms with Crippen LogP contribution >= 0.6 is 0 Å². The third-order valence-electron chi connectivity index (χ3n) is 4.46. The van der Waals surface area contributed by atoms with Crippen LogP contribution in [0.1, 0.15) is 35.3 Å². The molecule has 31 heavy (non-hydrogen) atoms. The Labute approximate surface area is 182 Å². The van der Waals surface area contributed by atoms with Crippen molar-refractivity contribution in [3.63, 3.8) is 0 Å². The maximum atomic E-state index is 13.0. The smallest absolute Gasteiger partial charge is 0.255 e. The molecule has 0 radical (unpaired) electrons. The summed E-state index contributed by atoms with van der Waals surface area (Å²) in [5.41, 5.74) is 2.54. The number of hydrogen-bond donors (Lipinski definition) is 2. The van der Waals surface area contributed by atoms with Gasteiger partial charge in [-0.25, -0.2) is 0 Å². The van der Waals surface area contributed by atoms with Gasteiger partial charge in [-0.2, -0.15) is 0 Å². The zero-order chi connectivity index (χ0) is 22.1. The Hall–Kier alpha value is -3.86. The normalized spacial score (nSPS) is 11.1. The number of hydrogen-bond acceptors (Lipinski definition) is 3. The Bertz CT molecular complexity index is 1030. The molecule has 0 aliphatic carbocycles. The van der Waals surface area contributed by atoms with E-state index in [2.05, 4.69) is 10.6 Å². The van der Waals surface area contributed by atoms with Gasteiger partial charge >= 0.3 is 0 Å². The van der Waals surface area contributed by atoms with Crippen molar-refractivity contribution in [2.24, 2.45) is 0 Å². The second kappa shape index (κ2) is 10.8. The monoisotopic (exact) mass is 414 g/mol. The lowest BCUT2D eigenvalue weighted by Gasteiger charge is -2.13. The summed E-state index contributed by atoms with van der Waals surface area (Å²) in [6.07, 6.45) is 1.51. The molecule has 0 aliphatic rings. The number of amides is 2. The van der Waals surface area contributed by atoms with E-state index in [0.717, 1.165) is 11.3 Å². The number of ether oxygens (including phenoxy) is 1. The Balaban J connectivity index is 1.80. The first-order valence-corrected chi connectivity index (χ1v) is 10.2. The third-order valence-corrected chi connectivity index (χ3v) is 4.46. The minimum Gasteiger partial charge on any atom is -0.491 e. The summed E-state index contributed by atoms with van der Waals surface area (Å²) in [7, 11) is 0. The average molecular weight is 415 g/mol. The van der Waals surface area contributed by atoms with Gasteiger partial charge in [-0.15, -0.1) is 0 Å². The molecule has 0 bridgehead atoms. The minimum absolute atomic E-state index is 0.0557. The first kappa shape index (κ1) is 21.8. The van der Waals surface area contributed by atoms with Crippen LogP contribution in [0.2, 0.25) is 0 Å². The van der Waals surface area contributed by atoms with Crippen LogP contribution < -0.4 is 15.4 Å². The highest BCUT2D eigenvalue weighted by Gasteiger charge is 2.14. The van der Waals surface area contributed by atoms with Gasteiger partial charge in [0.05, 0.1) is 11.7 Å². The highest BCUT2D eigenvalue weighted by atomic mass is 16.5. The molecule has 0 atom stereocenters. The lowest BCUT2D eigenvalue weighted by Crippen LogP contribution is -2.26. The van der Waals surface area contributed by atoms with Crippen LogP contribution in [0.4, 0.5) is 0 Å². The van der Waals surface area contributed by atoms with E-state index in [9.17, 15) is 9.59 Å². The summed E-state index contributed by atoms with van der Waals surface area (Å²) in [5, 5.41) is 5.65. The van der Waals surface area contributed by atoms with E-state index < -0.39 is 0 Å². The predicted octanol–water partition coefficient (Wildman–Crippen LogP) is 4.56. The molecule has 158 valence electrons. The van der Waals surface area contributed by atoms with Crippen molar-refractivity contribution in [1.82, 2.24) is 10.6 Å². The molecular formula is C26H26N2O3. The van der Waals surface area contributed by atoms with Gasteiger partial charge in [0.25, 0.3) is 11.8 Å². The highest BCUT2D eigenvalue weighted by Crippen LogP contribution is 2.20. The van der Waals surface area contributed by atoms with Crippen LogP contribution in [0.3, 0.4) is 0 Å². The fourth-order valence-electron chi connectivity index (χ4n) is 2.95. The maximum absolute atomic E-state index is 13.0. The van der Waals surface area contributed by atoms with E-state index in [1.165, 1.54) is 6.20 Å². The Morgan fingerprint density at radius 3 is 2.06 bits per heavy atom. The summed E-state index contributed by atoms with van der Waals surface area (Å²) in [6, 6.07) is 25.8. The van der Waals surface area contributed by atoms with Crippen LogP contribution in [-0.4, -0.2) is 17.9 Å². The SMILES string of the molecule is CC(C)Oc1ccc(/C(=C/NC(=O)c2ccccc2)C(=O)NCc2ccccc2)cc1. The second-order valence-electron chi connectivity index (χ2n) is 7.26. The summed E-state index contributed by atoms with van der Waals surface area (Å²) in [5.74, 6) is 0.152. The van der Waals surface area contributed by atoms with E-state index >= 15 is 0 Å². The van der Waals surface area contributed by atoms with Gasteiger partial charge in [-0.1, -0.05) is 60.7 Å². The molecule has 3 rings (SSSR count). The van der Waals surface area contributed by atoms with Gasteiger partial charge in [0.1, 0.15) is 5.75 Å². The van der Waals surface area contributed by atoms with Gasteiger partial charge in [0.15, 0.2) is 0 Å². The quantitative estimate of drug-likeness (QED) is 0.531. The molecule has 0 saturated carbocycles. The predicted molar refractivity (Wildman–Crippen MR) is 122 cm³/mol. The standard InChI is InChI=1S/C26H26N2O3/c1-19(2)31-23-15-13-21(14-16-23)24(18-28-25(29)22-11-7-4-8-12-22)26(30)27-17-20-9-5-3-6-10-20/h3-16,18-19H,17H2,1-2H3,(H,27,30)(H,28,29)/b24-18-. The molecule has 3 aromatic rings. The molecular weight excluding hydrogens is 388 g/mol. The third kappa shape index (κ3) is 6.57. The summed E-state index contributed by atoms with van der Waals surface area (Å²) in [6.45, 7) is 4.29. The van der Waals surface area contributed by atoms with E-state index in [4.69, 9.17) is 4.74 Å². The van der Waals surface area contributed by atoms with E-state index in [1.54, 1.807) is 36.4 Å². The van der Waals surface area contributed by atoms with Crippen LogP contribution in [0.5, 0.6) is 5.75 Å². The van der Waals surface area contributed by atoms with Crippen molar-refractivity contribution in [1.29, 1.82) is 0 Å². The van der Waals surface area contributed by atoms with E-state index in [1.807, 2.05) is 62.4 Å². The molecule has 0 fully saturated rings. The van der Waals surface area contributed by atoms with Crippen LogP contribution in [0.25, 0.3) is 5.57 Å². The molecule has 5 nitrogen and oxygen atoms in total. The van der Waals surface area contributed by atoms with Crippen molar-refractivity contribution in [2.75, 3.05) is 0 Å². The number of rotatable bonds is 8. The summed E-state index contributed by atoms with van der Waals surface area (Å²) in [4.78, 5) is 25.4. The van der Waals surface area contributed by atoms with Gasteiger partial charge in [-0.05, 0) is 49.2 Å². The fraction of sp³-hybridized carbons (Fsp3) is 0.154. The first-order chi connectivity index (χ1) is 15.0. The number of carbonyl (C=O) groups excluding carboxylic acids is 2. The van der Waals surface area contributed by atoms with Crippen molar-refractivity contribution in [2.45, 2.75) is 26.5 Å². The molecule has 0 saturated heterocycles. The van der Waals surface area contributed by atoms with Crippen LogP contribution in [0.15, 0.2) is 91.1 Å². The Morgan fingerprint density at radius 2 is 1.45 bits per heavy atom. The number of carbonyl (C=O) groups is 2. The van der Waals surface area contributed by atoms with Gasteiger partial charge in [0, 0.05) is 18.3 Å². The molecule has 5 heteroatoms. The maximum Gasteiger partial charge on any atom is 0.255 e. The Morgan fingerprint density at radius 1 is 0.839 bits per heavy atom. The van der Waals surface area contributed by atoms with Crippen molar-refractivity contribution in [3.05, 3.63) is 108 Å². The number of nitrogens with one attached hydrogen (secondary N) is 2. The lowest BCUT2D eigenvalue weighted by molar-refractivity contribution is -0.115. The fourth-order valence-corrected chi connectivity index (χ4v) is 2.95. The van der Waals surface area contributed by atoms with Crippen LogP contribution in [-0.2, 0) is 11.3 Å². The molecule has 0 heterocycles. The van der Waals surface area contributed by atoms with E-state index in [-0.39, 0.29) is 17.9 Å².